The molecule has 3 heteroatoms. The monoisotopic (exact) mass is 402 g/mol. The molecule has 1 N–H and O–H groups in total. The van der Waals surface area contributed by atoms with Gasteiger partial charge in [0.1, 0.15) is 0 Å². The van der Waals surface area contributed by atoms with E-state index in [1.54, 1.807) is 0 Å². The molecule has 150 valence electrons. The van der Waals surface area contributed by atoms with E-state index in [4.69, 9.17) is 0 Å². The first-order valence-corrected chi connectivity index (χ1v) is 10.6. The number of rotatable bonds is 2. The van der Waals surface area contributed by atoms with Crippen LogP contribution in [0.4, 0.5) is 5.69 Å². The molecule has 0 fully saturated rings. The third kappa shape index (κ3) is 2.63. The van der Waals surface area contributed by atoms with Crippen molar-refractivity contribution in [3.63, 3.8) is 0 Å². The summed E-state index contributed by atoms with van der Waals surface area (Å²) < 4.78 is 0. The van der Waals surface area contributed by atoms with Gasteiger partial charge in [0.15, 0.2) is 0 Å². The molecule has 1 aromatic heterocycles. The van der Waals surface area contributed by atoms with Crippen molar-refractivity contribution in [2.24, 2.45) is 0 Å². The number of aromatic nitrogens is 1. The molecule has 0 aliphatic carbocycles. The van der Waals surface area contributed by atoms with Crippen molar-refractivity contribution in [2.75, 3.05) is 4.90 Å². The van der Waals surface area contributed by atoms with Gasteiger partial charge in [-0.1, -0.05) is 66.2 Å². The van der Waals surface area contributed by atoms with Crippen LogP contribution in [0.5, 0.6) is 0 Å². The number of benzene rings is 4. The lowest BCUT2D eigenvalue weighted by Gasteiger charge is -2.21. The summed E-state index contributed by atoms with van der Waals surface area (Å²) in [7, 11) is 0. The second-order valence-electron chi connectivity index (χ2n) is 8.40. The fourth-order valence-electron chi connectivity index (χ4n) is 4.91. The Balaban J connectivity index is 1.51. The maximum absolute atomic E-state index is 13.2. The Hall–Kier alpha value is -3.85. The molecule has 31 heavy (non-hydrogen) atoms. The predicted octanol–water partition coefficient (Wildman–Crippen LogP) is 6.77. The standard InChI is InChI=1S/C28H22N2O/c1-17-13-14-19-16-30(28(31)24(19)15-17)26-12-6-8-20(18(26)2)22-9-5-10-23-21-7-3-4-11-25(21)29-27(22)23/h3-15,29H,16H2,1-2H3. The maximum atomic E-state index is 13.2. The highest BCUT2D eigenvalue weighted by molar-refractivity contribution is 6.13. The third-order valence-electron chi connectivity index (χ3n) is 6.50. The van der Waals surface area contributed by atoms with Crippen molar-refractivity contribution in [1.82, 2.24) is 4.98 Å². The second kappa shape index (κ2) is 6.58. The van der Waals surface area contributed by atoms with Crippen LogP contribution < -0.4 is 4.90 Å². The largest absolute Gasteiger partial charge is 0.354 e. The molecule has 6 rings (SSSR count). The van der Waals surface area contributed by atoms with Gasteiger partial charge in [-0.2, -0.15) is 0 Å². The lowest BCUT2D eigenvalue weighted by Crippen LogP contribution is -2.24. The lowest BCUT2D eigenvalue weighted by atomic mass is 9.96. The molecule has 0 saturated carbocycles. The average Bonchev–Trinajstić information content (AvgIpc) is 3.32. The lowest BCUT2D eigenvalue weighted by molar-refractivity contribution is 0.0996. The smallest absolute Gasteiger partial charge is 0.258 e. The van der Waals surface area contributed by atoms with E-state index in [2.05, 4.69) is 84.7 Å². The van der Waals surface area contributed by atoms with E-state index in [0.717, 1.165) is 50.1 Å². The van der Waals surface area contributed by atoms with Crippen LogP contribution in [0.2, 0.25) is 0 Å². The van der Waals surface area contributed by atoms with E-state index < -0.39 is 0 Å². The van der Waals surface area contributed by atoms with Gasteiger partial charge in [-0.25, -0.2) is 0 Å². The molecule has 0 spiro atoms. The van der Waals surface area contributed by atoms with Crippen LogP contribution in [0.25, 0.3) is 32.9 Å². The van der Waals surface area contributed by atoms with Crippen LogP contribution >= 0.6 is 0 Å². The second-order valence-corrected chi connectivity index (χ2v) is 8.40. The fourth-order valence-corrected chi connectivity index (χ4v) is 4.91. The van der Waals surface area contributed by atoms with Gasteiger partial charge in [-0.15, -0.1) is 0 Å². The summed E-state index contributed by atoms with van der Waals surface area (Å²) in [5.41, 5.74) is 9.71. The summed E-state index contributed by atoms with van der Waals surface area (Å²) in [5.74, 6) is 0.0859. The van der Waals surface area contributed by atoms with Crippen LogP contribution in [0.3, 0.4) is 0 Å². The van der Waals surface area contributed by atoms with Gasteiger partial charge in [0.05, 0.1) is 12.1 Å². The molecule has 0 unspecified atom stereocenters. The zero-order valence-corrected chi connectivity index (χ0v) is 17.6. The Morgan fingerprint density at radius 1 is 0.774 bits per heavy atom. The van der Waals surface area contributed by atoms with Gasteiger partial charge in [-0.05, 0) is 48.7 Å². The summed E-state index contributed by atoms with van der Waals surface area (Å²) in [6.45, 7) is 4.77. The Morgan fingerprint density at radius 2 is 1.55 bits per heavy atom. The van der Waals surface area contributed by atoms with Gasteiger partial charge in [0.2, 0.25) is 0 Å². The molecule has 0 saturated heterocycles. The van der Waals surface area contributed by atoms with Crippen LogP contribution in [0.1, 0.15) is 27.0 Å². The number of aromatic amines is 1. The number of hydrogen-bond acceptors (Lipinski definition) is 1. The molecule has 2 heterocycles. The quantitative estimate of drug-likeness (QED) is 0.348. The maximum Gasteiger partial charge on any atom is 0.258 e. The third-order valence-corrected chi connectivity index (χ3v) is 6.50. The minimum absolute atomic E-state index is 0.0859. The van der Waals surface area contributed by atoms with E-state index in [1.807, 2.05) is 17.9 Å². The molecule has 0 bridgehead atoms. The highest BCUT2D eigenvalue weighted by atomic mass is 16.2. The number of fused-ring (bicyclic) bond motifs is 4. The Morgan fingerprint density at radius 3 is 2.45 bits per heavy atom. The minimum atomic E-state index is 0.0859. The summed E-state index contributed by atoms with van der Waals surface area (Å²) in [6.07, 6.45) is 0. The SMILES string of the molecule is Cc1ccc2c(c1)C(=O)N(c1cccc(-c3cccc4c3[nH]c3ccccc34)c1C)C2. The molecule has 4 aromatic carbocycles. The molecular weight excluding hydrogens is 380 g/mol. The molecule has 3 nitrogen and oxygen atoms in total. The number of carbonyl (C=O) groups excluding carboxylic acids is 1. The van der Waals surface area contributed by atoms with Gasteiger partial charge < -0.3 is 9.88 Å². The fraction of sp³-hybridized carbons (Fsp3) is 0.107. The topological polar surface area (TPSA) is 36.1 Å². The molecule has 5 aromatic rings. The average molecular weight is 402 g/mol. The van der Waals surface area contributed by atoms with Crippen LogP contribution in [0, 0.1) is 13.8 Å². The number of aryl methyl sites for hydroxylation is 1. The zero-order valence-electron chi connectivity index (χ0n) is 17.6. The van der Waals surface area contributed by atoms with E-state index in [9.17, 15) is 4.79 Å². The van der Waals surface area contributed by atoms with Crippen molar-refractivity contribution in [3.05, 3.63) is 101 Å². The first-order valence-electron chi connectivity index (χ1n) is 10.6. The van der Waals surface area contributed by atoms with Crippen LogP contribution in [-0.2, 0) is 6.54 Å². The molecule has 1 aliphatic rings. The van der Waals surface area contributed by atoms with Gasteiger partial charge in [0.25, 0.3) is 5.91 Å². The Bertz CT molecular complexity index is 1510. The molecule has 0 atom stereocenters. The molecule has 0 radical (unpaired) electrons. The number of nitrogens with one attached hydrogen (secondary N) is 1. The number of H-pyrrole nitrogens is 1. The van der Waals surface area contributed by atoms with Gasteiger partial charge in [-0.3, -0.25) is 4.79 Å². The summed E-state index contributed by atoms with van der Waals surface area (Å²) in [4.78, 5) is 18.7. The summed E-state index contributed by atoms with van der Waals surface area (Å²) >= 11 is 0. The van der Waals surface area contributed by atoms with Crippen molar-refractivity contribution in [1.29, 1.82) is 0 Å². The Kier molecular flexibility index (Phi) is 3.81. The number of carbonyl (C=O) groups is 1. The van der Waals surface area contributed by atoms with Gasteiger partial charge >= 0.3 is 0 Å². The first-order chi connectivity index (χ1) is 15.1. The minimum Gasteiger partial charge on any atom is -0.354 e. The normalized spacial score (nSPS) is 13.4. The highest BCUT2D eigenvalue weighted by Crippen LogP contribution is 2.39. The molecule has 1 amide bonds. The van der Waals surface area contributed by atoms with E-state index in [0.29, 0.717) is 6.54 Å². The van der Waals surface area contributed by atoms with E-state index in [-0.39, 0.29) is 5.91 Å². The first kappa shape index (κ1) is 18.0. The van der Waals surface area contributed by atoms with E-state index in [1.165, 1.54) is 10.8 Å². The number of nitrogens with zero attached hydrogens (tertiary/aromatic N) is 1. The van der Waals surface area contributed by atoms with Crippen molar-refractivity contribution in [3.8, 4) is 11.1 Å². The number of para-hydroxylation sites is 2. The van der Waals surface area contributed by atoms with Gasteiger partial charge in [0, 0.05) is 33.1 Å². The van der Waals surface area contributed by atoms with Crippen molar-refractivity contribution >= 4 is 33.4 Å². The van der Waals surface area contributed by atoms with Crippen molar-refractivity contribution < 1.29 is 4.79 Å². The van der Waals surface area contributed by atoms with E-state index >= 15 is 0 Å². The molecular formula is C28H22N2O. The molecule has 1 aliphatic heterocycles. The number of hydrogen-bond donors (Lipinski definition) is 1. The number of amides is 1. The summed E-state index contributed by atoms with van der Waals surface area (Å²) in [6, 6.07) is 27.3. The van der Waals surface area contributed by atoms with Crippen LogP contribution in [-0.4, -0.2) is 10.9 Å². The predicted molar refractivity (Wildman–Crippen MR) is 128 cm³/mol. The zero-order chi connectivity index (χ0) is 21.1. The van der Waals surface area contributed by atoms with Crippen molar-refractivity contribution in [2.45, 2.75) is 20.4 Å². The highest BCUT2D eigenvalue weighted by Gasteiger charge is 2.30. The summed E-state index contributed by atoms with van der Waals surface area (Å²) in [5, 5.41) is 2.45. The Labute approximate surface area is 180 Å². The van der Waals surface area contributed by atoms with Crippen LogP contribution in [0.15, 0.2) is 78.9 Å². The number of anilines is 1.